The molecule has 5 rings (SSSR count). The fourth-order valence-electron chi connectivity index (χ4n) is 5.33. The second kappa shape index (κ2) is 5.56. The van der Waals surface area contributed by atoms with Crippen molar-refractivity contribution in [1.29, 1.82) is 0 Å². The molecule has 0 radical (unpaired) electrons. The number of hydrogen-bond acceptors (Lipinski definition) is 1. The lowest BCUT2D eigenvalue weighted by atomic mass is 9.82. The Balaban J connectivity index is 1.72. The summed E-state index contributed by atoms with van der Waals surface area (Å²) < 4.78 is 0. The predicted octanol–water partition coefficient (Wildman–Crippen LogP) is 5.51. The first-order valence-electron chi connectivity index (χ1n) is 8.86. The number of benzene rings is 2. The first-order chi connectivity index (χ1) is 11.4. The second-order valence-corrected chi connectivity index (χ2v) is 8.29. The van der Waals surface area contributed by atoms with Gasteiger partial charge in [-0.05, 0) is 64.7 Å². The zero-order chi connectivity index (χ0) is 15.2. The van der Waals surface area contributed by atoms with Crippen LogP contribution in [0.3, 0.4) is 0 Å². The Hall–Kier alpha value is -1.47. The minimum atomic E-state index is 0.843. The predicted molar refractivity (Wildman–Crippen MR) is 99.4 cm³/mol. The molecule has 1 heterocycles. The molecule has 2 aliphatic carbocycles. The molecule has 1 aliphatic heterocycles. The quantitative estimate of drug-likeness (QED) is 0.704. The Bertz CT molecular complexity index is 670. The Labute approximate surface area is 143 Å². The van der Waals surface area contributed by atoms with Crippen LogP contribution in [0.1, 0.15) is 24.0 Å². The van der Waals surface area contributed by atoms with Crippen LogP contribution in [-0.2, 0) is 0 Å². The molecular formula is C22H22S. The van der Waals surface area contributed by atoms with E-state index in [0.29, 0.717) is 0 Å². The van der Waals surface area contributed by atoms with E-state index in [4.69, 9.17) is 0 Å². The van der Waals surface area contributed by atoms with Crippen molar-refractivity contribution in [1.82, 2.24) is 0 Å². The molecule has 1 saturated heterocycles. The zero-order valence-electron chi connectivity index (χ0n) is 13.3. The first-order valence-corrected chi connectivity index (χ1v) is 10.0. The Morgan fingerprint density at radius 3 is 1.65 bits per heavy atom. The van der Waals surface area contributed by atoms with Crippen LogP contribution < -0.4 is 0 Å². The summed E-state index contributed by atoms with van der Waals surface area (Å²) in [6.07, 6.45) is 2.84. The van der Waals surface area contributed by atoms with Gasteiger partial charge in [0.1, 0.15) is 0 Å². The van der Waals surface area contributed by atoms with E-state index in [2.05, 4.69) is 72.4 Å². The average Bonchev–Trinajstić information content (AvgIpc) is 3.30. The van der Waals surface area contributed by atoms with Gasteiger partial charge in [-0.25, -0.2) is 0 Å². The zero-order valence-corrected chi connectivity index (χ0v) is 14.1. The van der Waals surface area contributed by atoms with E-state index in [1.165, 1.54) is 35.5 Å². The van der Waals surface area contributed by atoms with Crippen molar-refractivity contribution in [3.8, 4) is 0 Å². The van der Waals surface area contributed by atoms with E-state index in [9.17, 15) is 0 Å². The highest BCUT2D eigenvalue weighted by Gasteiger charge is 2.53. The fourth-order valence-corrected chi connectivity index (χ4v) is 6.97. The van der Waals surface area contributed by atoms with Crippen molar-refractivity contribution >= 4 is 17.3 Å². The van der Waals surface area contributed by atoms with Gasteiger partial charge in [0, 0.05) is 0 Å². The van der Waals surface area contributed by atoms with Crippen LogP contribution in [0.25, 0.3) is 5.57 Å². The molecule has 23 heavy (non-hydrogen) atoms. The first kappa shape index (κ1) is 13.9. The molecule has 2 bridgehead atoms. The molecule has 4 atom stereocenters. The Morgan fingerprint density at radius 2 is 1.17 bits per heavy atom. The second-order valence-electron chi connectivity index (χ2n) is 7.22. The van der Waals surface area contributed by atoms with Crippen molar-refractivity contribution in [2.45, 2.75) is 12.8 Å². The summed E-state index contributed by atoms with van der Waals surface area (Å²) >= 11 is 2.20. The van der Waals surface area contributed by atoms with E-state index >= 15 is 0 Å². The molecule has 116 valence electrons. The van der Waals surface area contributed by atoms with Crippen LogP contribution in [0, 0.1) is 23.7 Å². The van der Waals surface area contributed by atoms with Gasteiger partial charge in [0.25, 0.3) is 0 Å². The van der Waals surface area contributed by atoms with Crippen LogP contribution in [0.15, 0.2) is 66.2 Å². The average molecular weight is 318 g/mol. The monoisotopic (exact) mass is 318 g/mol. The SMILES string of the molecule is c1ccc(C(=C2[C@@H]3CC[C@@H]2[C@H]2CSC[C@@H]23)c2ccccc2)cc1. The topological polar surface area (TPSA) is 0 Å². The highest BCUT2D eigenvalue weighted by Crippen LogP contribution is 2.62. The maximum Gasteiger partial charge on any atom is -0.00301 e. The van der Waals surface area contributed by atoms with E-state index in [1.807, 2.05) is 0 Å². The lowest BCUT2D eigenvalue weighted by molar-refractivity contribution is 0.281. The maximum absolute atomic E-state index is 2.30. The summed E-state index contributed by atoms with van der Waals surface area (Å²) in [5, 5.41) is 0. The van der Waals surface area contributed by atoms with Gasteiger partial charge in [0.05, 0.1) is 0 Å². The molecule has 1 heteroatoms. The molecule has 3 aliphatic rings. The van der Waals surface area contributed by atoms with Crippen molar-refractivity contribution in [3.05, 3.63) is 77.4 Å². The largest absolute Gasteiger partial charge is 0.161 e. The molecule has 0 nitrogen and oxygen atoms in total. The van der Waals surface area contributed by atoms with Crippen LogP contribution >= 0.6 is 11.8 Å². The summed E-state index contributed by atoms with van der Waals surface area (Å²) in [7, 11) is 0. The maximum atomic E-state index is 2.30. The summed E-state index contributed by atoms with van der Waals surface area (Å²) in [5.74, 6) is 6.39. The molecule has 0 N–H and O–H groups in total. The van der Waals surface area contributed by atoms with Gasteiger partial charge in [-0.3, -0.25) is 0 Å². The summed E-state index contributed by atoms with van der Waals surface area (Å²) in [6, 6.07) is 22.2. The van der Waals surface area contributed by atoms with Crippen LogP contribution in [-0.4, -0.2) is 11.5 Å². The molecule has 3 fully saturated rings. The van der Waals surface area contributed by atoms with E-state index < -0.39 is 0 Å². The van der Waals surface area contributed by atoms with Crippen molar-refractivity contribution in [2.24, 2.45) is 23.7 Å². The van der Waals surface area contributed by atoms with Crippen LogP contribution in [0.5, 0.6) is 0 Å². The van der Waals surface area contributed by atoms with Gasteiger partial charge in [0.15, 0.2) is 0 Å². The highest BCUT2D eigenvalue weighted by atomic mass is 32.2. The third-order valence-electron chi connectivity index (χ3n) is 6.21. The summed E-state index contributed by atoms with van der Waals surface area (Å²) in [5.41, 5.74) is 6.19. The lowest BCUT2D eigenvalue weighted by Gasteiger charge is -2.21. The number of allylic oxidation sites excluding steroid dienone is 1. The molecular weight excluding hydrogens is 296 g/mol. The minimum Gasteiger partial charge on any atom is -0.161 e. The molecule has 0 aromatic heterocycles. The summed E-state index contributed by atoms with van der Waals surface area (Å²) in [6.45, 7) is 0. The van der Waals surface area contributed by atoms with Gasteiger partial charge in [-0.1, -0.05) is 66.2 Å². The standard InChI is InChI=1S/C22H22S/c1-3-7-15(8-4-1)21(16-9-5-2-6-10-16)22-17-11-12-18(22)20-14-23-13-19(17)20/h1-10,17-20H,11-14H2/t17-,18-,19-,20-/m1/s1. The molecule has 0 unspecified atom stereocenters. The number of fused-ring (bicyclic) bond motifs is 5. The van der Waals surface area contributed by atoms with E-state index in [-0.39, 0.29) is 0 Å². The number of thioether (sulfide) groups is 1. The lowest BCUT2D eigenvalue weighted by Crippen LogP contribution is -2.19. The molecule has 0 spiro atoms. The fraction of sp³-hybridized carbons (Fsp3) is 0.364. The van der Waals surface area contributed by atoms with E-state index in [0.717, 1.165) is 23.7 Å². The third-order valence-corrected chi connectivity index (χ3v) is 7.45. The Kier molecular flexibility index (Phi) is 3.37. The van der Waals surface area contributed by atoms with Gasteiger partial charge in [-0.2, -0.15) is 11.8 Å². The van der Waals surface area contributed by atoms with Gasteiger partial charge < -0.3 is 0 Å². The third kappa shape index (κ3) is 2.13. The number of hydrogen-bond donors (Lipinski definition) is 0. The van der Waals surface area contributed by atoms with Gasteiger partial charge >= 0.3 is 0 Å². The molecule has 0 amide bonds. The smallest absolute Gasteiger partial charge is 0.00301 e. The summed E-state index contributed by atoms with van der Waals surface area (Å²) in [4.78, 5) is 0. The van der Waals surface area contributed by atoms with E-state index in [1.54, 1.807) is 11.1 Å². The molecule has 2 saturated carbocycles. The van der Waals surface area contributed by atoms with Crippen molar-refractivity contribution < 1.29 is 0 Å². The minimum absolute atomic E-state index is 0.843. The van der Waals surface area contributed by atoms with Crippen LogP contribution in [0.2, 0.25) is 0 Å². The van der Waals surface area contributed by atoms with Crippen LogP contribution in [0.4, 0.5) is 0 Å². The number of rotatable bonds is 2. The molecule has 2 aromatic rings. The van der Waals surface area contributed by atoms with Gasteiger partial charge in [0.2, 0.25) is 0 Å². The molecule has 2 aromatic carbocycles. The van der Waals surface area contributed by atoms with Crippen molar-refractivity contribution in [3.63, 3.8) is 0 Å². The highest BCUT2D eigenvalue weighted by molar-refractivity contribution is 7.99. The Morgan fingerprint density at radius 1 is 0.696 bits per heavy atom. The van der Waals surface area contributed by atoms with Crippen molar-refractivity contribution in [2.75, 3.05) is 11.5 Å². The normalized spacial score (nSPS) is 31.4. The van der Waals surface area contributed by atoms with Gasteiger partial charge in [-0.15, -0.1) is 0 Å².